The number of piperidine rings is 1. The lowest BCUT2D eigenvalue weighted by atomic mass is 9.89. The van der Waals surface area contributed by atoms with Crippen molar-refractivity contribution in [2.24, 2.45) is 11.8 Å². The Labute approximate surface area is 165 Å². The van der Waals surface area contributed by atoms with E-state index < -0.39 is 0 Å². The van der Waals surface area contributed by atoms with E-state index in [1.54, 1.807) is 35.6 Å². The lowest BCUT2D eigenvalue weighted by Crippen LogP contribution is -2.42. The SMILES string of the molecule is O=C(c1cccnc1)[C@@H]1CCCN(C(=O)c2cn(CC3CCCCC3)nn2)C1. The first-order valence-electron chi connectivity index (χ1n) is 10.3. The number of likely N-dealkylation sites (tertiary alicyclic amines) is 1. The van der Waals surface area contributed by atoms with Crippen molar-refractivity contribution in [2.45, 2.75) is 51.5 Å². The molecule has 3 heterocycles. The Kier molecular flexibility index (Phi) is 5.78. The Morgan fingerprint density at radius 2 is 1.96 bits per heavy atom. The van der Waals surface area contributed by atoms with Crippen molar-refractivity contribution in [1.82, 2.24) is 24.9 Å². The van der Waals surface area contributed by atoms with Crippen LogP contribution < -0.4 is 0 Å². The normalized spacial score (nSPS) is 20.9. The van der Waals surface area contributed by atoms with Gasteiger partial charge >= 0.3 is 0 Å². The molecule has 148 valence electrons. The van der Waals surface area contributed by atoms with Gasteiger partial charge in [0.2, 0.25) is 0 Å². The van der Waals surface area contributed by atoms with Gasteiger partial charge in [0.05, 0.1) is 6.20 Å². The molecule has 2 aromatic rings. The molecule has 0 N–H and O–H groups in total. The minimum Gasteiger partial charge on any atom is -0.336 e. The van der Waals surface area contributed by atoms with Gasteiger partial charge in [-0.3, -0.25) is 19.3 Å². The molecule has 1 saturated carbocycles. The predicted molar refractivity (Wildman–Crippen MR) is 104 cm³/mol. The van der Waals surface area contributed by atoms with Crippen LogP contribution >= 0.6 is 0 Å². The van der Waals surface area contributed by atoms with Gasteiger partial charge in [0.15, 0.2) is 11.5 Å². The van der Waals surface area contributed by atoms with Crippen LogP contribution in [0.4, 0.5) is 0 Å². The van der Waals surface area contributed by atoms with Crippen LogP contribution in [-0.4, -0.2) is 49.7 Å². The molecule has 7 nitrogen and oxygen atoms in total. The quantitative estimate of drug-likeness (QED) is 0.744. The van der Waals surface area contributed by atoms with Gasteiger partial charge in [-0.15, -0.1) is 5.10 Å². The number of hydrogen-bond donors (Lipinski definition) is 0. The summed E-state index contributed by atoms with van der Waals surface area (Å²) in [7, 11) is 0. The number of nitrogens with zero attached hydrogens (tertiary/aromatic N) is 5. The molecule has 28 heavy (non-hydrogen) atoms. The third-order valence-electron chi connectivity index (χ3n) is 5.95. The highest BCUT2D eigenvalue weighted by atomic mass is 16.2. The van der Waals surface area contributed by atoms with Gasteiger partial charge in [0.25, 0.3) is 5.91 Å². The third-order valence-corrected chi connectivity index (χ3v) is 5.95. The Balaban J connectivity index is 1.38. The number of hydrogen-bond acceptors (Lipinski definition) is 5. The second-order valence-electron chi connectivity index (χ2n) is 8.03. The van der Waals surface area contributed by atoms with Gasteiger partial charge in [0.1, 0.15) is 0 Å². The van der Waals surface area contributed by atoms with Gasteiger partial charge in [0, 0.05) is 43.5 Å². The van der Waals surface area contributed by atoms with Crippen LogP contribution in [0.3, 0.4) is 0 Å². The molecule has 1 saturated heterocycles. The maximum Gasteiger partial charge on any atom is 0.276 e. The van der Waals surface area contributed by atoms with Crippen LogP contribution in [0.25, 0.3) is 0 Å². The number of carbonyl (C=O) groups is 2. The summed E-state index contributed by atoms with van der Waals surface area (Å²) in [5.41, 5.74) is 0.991. The summed E-state index contributed by atoms with van der Waals surface area (Å²) in [4.78, 5) is 31.4. The molecule has 0 bridgehead atoms. The summed E-state index contributed by atoms with van der Waals surface area (Å²) in [6.45, 7) is 1.93. The largest absolute Gasteiger partial charge is 0.336 e. The molecule has 0 spiro atoms. The maximum absolute atomic E-state index is 12.9. The van der Waals surface area contributed by atoms with E-state index in [9.17, 15) is 9.59 Å². The monoisotopic (exact) mass is 381 g/mol. The number of pyridine rings is 1. The van der Waals surface area contributed by atoms with Crippen molar-refractivity contribution >= 4 is 11.7 Å². The number of amides is 1. The number of aromatic nitrogens is 4. The van der Waals surface area contributed by atoms with Gasteiger partial charge in [-0.25, -0.2) is 0 Å². The Bertz CT molecular complexity index is 813. The van der Waals surface area contributed by atoms with Crippen LogP contribution in [-0.2, 0) is 6.54 Å². The first-order chi connectivity index (χ1) is 13.7. The average molecular weight is 381 g/mol. The standard InChI is InChI=1S/C21H27N5O2/c27-20(17-8-4-10-22-12-17)18-9-5-11-25(14-18)21(28)19-15-26(24-23-19)13-16-6-2-1-3-7-16/h4,8,10,12,15-16,18H,1-3,5-7,9,11,13-14H2/t18-/m1/s1. The van der Waals surface area contributed by atoms with E-state index in [0.717, 1.165) is 19.4 Å². The summed E-state index contributed by atoms with van der Waals surface area (Å²) in [5, 5.41) is 8.28. The fourth-order valence-corrected chi connectivity index (χ4v) is 4.40. The predicted octanol–water partition coefficient (Wildman–Crippen LogP) is 2.99. The van der Waals surface area contributed by atoms with E-state index in [-0.39, 0.29) is 17.6 Å². The minimum absolute atomic E-state index is 0.0616. The van der Waals surface area contributed by atoms with Crippen molar-refractivity contribution in [2.75, 3.05) is 13.1 Å². The van der Waals surface area contributed by atoms with Gasteiger partial charge in [-0.05, 0) is 43.7 Å². The van der Waals surface area contributed by atoms with Crippen molar-refractivity contribution < 1.29 is 9.59 Å². The molecule has 0 unspecified atom stereocenters. The number of carbonyl (C=O) groups excluding carboxylic acids is 2. The summed E-state index contributed by atoms with van der Waals surface area (Å²) in [6, 6.07) is 3.55. The van der Waals surface area contributed by atoms with Gasteiger partial charge < -0.3 is 4.90 Å². The Morgan fingerprint density at radius 1 is 1.11 bits per heavy atom. The van der Waals surface area contributed by atoms with Crippen molar-refractivity contribution in [3.63, 3.8) is 0 Å². The van der Waals surface area contributed by atoms with Crippen LogP contribution in [0.1, 0.15) is 65.8 Å². The van der Waals surface area contributed by atoms with E-state index >= 15 is 0 Å². The Hall–Kier alpha value is -2.57. The van der Waals surface area contributed by atoms with Crippen molar-refractivity contribution in [3.8, 4) is 0 Å². The third kappa shape index (κ3) is 4.29. The highest BCUT2D eigenvalue weighted by Crippen LogP contribution is 2.25. The molecule has 1 aliphatic heterocycles. The molecule has 1 amide bonds. The van der Waals surface area contributed by atoms with E-state index in [4.69, 9.17) is 0 Å². The number of Topliss-reactive ketones (excluding diaryl/α,β-unsaturated/α-hetero) is 1. The smallest absolute Gasteiger partial charge is 0.276 e. The second-order valence-corrected chi connectivity index (χ2v) is 8.03. The second kappa shape index (κ2) is 8.63. The zero-order valence-corrected chi connectivity index (χ0v) is 16.2. The van der Waals surface area contributed by atoms with Gasteiger partial charge in [-0.2, -0.15) is 0 Å². The van der Waals surface area contributed by atoms with E-state index in [1.807, 2.05) is 4.68 Å². The molecular weight excluding hydrogens is 354 g/mol. The van der Waals surface area contributed by atoms with Crippen molar-refractivity contribution in [3.05, 3.63) is 42.0 Å². The number of ketones is 1. The van der Waals surface area contributed by atoms with E-state index in [0.29, 0.717) is 30.3 Å². The van der Waals surface area contributed by atoms with Crippen LogP contribution in [0.5, 0.6) is 0 Å². The first kappa shape index (κ1) is 18.8. The van der Waals surface area contributed by atoms with Crippen LogP contribution in [0.2, 0.25) is 0 Å². The van der Waals surface area contributed by atoms with Crippen LogP contribution in [0, 0.1) is 11.8 Å². The molecule has 2 aliphatic rings. The topological polar surface area (TPSA) is 81.0 Å². The lowest BCUT2D eigenvalue weighted by molar-refractivity contribution is 0.0632. The summed E-state index contributed by atoms with van der Waals surface area (Å²) < 4.78 is 1.81. The van der Waals surface area contributed by atoms with E-state index in [2.05, 4.69) is 15.3 Å². The molecule has 0 aromatic carbocycles. The Morgan fingerprint density at radius 3 is 2.75 bits per heavy atom. The van der Waals surface area contributed by atoms with Crippen LogP contribution in [0.15, 0.2) is 30.7 Å². The van der Waals surface area contributed by atoms with E-state index in [1.165, 1.54) is 32.1 Å². The first-order valence-corrected chi connectivity index (χ1v) is 10.3. The summed E-state index contributed by atoms with van der Waals surface area (Å²) in [6.07, 6.45) is 13.0. The summed E-state index contributed by atoms with van der Waals surface area (Å²) >= 11 is 0. The molecule has 1 atom stereocenters. The summed E-state index contributed by atoms with van der Waals surface area (Å²) in [5.74, 6) is 0.388. The fourth-order valence-electron chi connectivity index (χ4n) is 4.40. The minimum atomic E-state index is -0.181. The zero-order valence-electron chi connectivity index (χ0n) is 16.2. The van der Waals surface area contributed by atoms with Crippen molar-refractivity contribution in [1.29, 1.82) is 0 Å². The maximum atomic E-state index is 12.9. The van der Waals surface area contributed by atoms with Gasteiger partial charge in [-0.1, -0.05) is 24.5 Å². The number of rotatable bonds is 5. The zero-order chi connectivity index (χ0) is 19.3. The average Bonchev–Trinajstić information content (AvgIpc) is 3.22. The molecule has 0 radical (unpaired) electrons. The molecule has 2 fully saturated rings. The highest BCUT2D eigenvalue weighted by Gasteiger charge is 2.30. The molecule has 7 heteroatoms. The molecule has 1 aliphatic carbocycles. The molecular formula is C21H27N5O2. The lowest BCUT2D eigenvalue weighted by Gasteiger charge is -2.31. The molecule has 2 aromatic heterocycles. The molecule has 4 rings (SSSR count). The highest BCUT2D eigenvalue weighted by molar-refractivity contribution is 5.98. The fraction of sp³-hybridized carbons (Fsp3) is 0.571.